The highest BCUT2D eigenvalue weighted by molar-refractivity contribution is 5.98. The summed E-state index contributed by atoms with van der Waals surface area (Å²) in [6, 6.07) is 4.36. The molecule has 0 spiro atoms. The Hall–Kier alpha value is -3.53. The molecule has 3 aromatic heterocycles. The molecular weight excluding hydrogens is 399 g/mol. The summed E-state index contributed by atoms with van der Waals surface area (Å²) in [4.78, 5) is 20.5. The van der Waals surface area contributed by atoms with Gasteiger partial charge in [-0.3, -0.25) is 9.78 Å². The van der Waals surface area contributed by atoms with Gasteiger partial charge in [-0.05, 0) is 43.9 Å². The molecule has 0 unspecified atom stereocenters. The second kappa shape index (κ2) is 8.68. The van der Waals surface area contributed by atoms with Crippen molar-refractivity contribution in [3.05, 3.63) is 54.4 Å². The zero-order valence-electron chi connectivity index (χ0n) is 17.1. The maximum Gasteiger partial charge on any atom is 0.252 e. The number of amides is 1. The normalized spacial score (nSPS) is 15.7. The van der Waals surface area contributed by atoms with Crippen molar-refractivity contribution < 1.29 is 9.18 Å². The zero-order chi connectivity index (χ0) is 22.0. The van der Waals surface area contributed by atoms with Gasteiger partial charge in [0.05, 0.1) is 29.3 Å². The molecule has 3 heterocycles. The average molecular weight is 424 g/mol. The molecule has 1 saturated carbocycles. The minimum Gasteiger partial charge on any atom is -0.365 e. The van der Waals surface area contributed by atoms with E-state index in [2.05, 4.69) is 25.7 Å². The summed E-state index contributed by atoms with van der Waals surface area (Å²) in [5.41, 5.74) is 12.8. The van der Waals surface area contributed by atoms with E-state index in [1.165, 1.54) is 0 Å². The number of rotatable bonds is 8. The lowest BCUT2D eigenvalue weighted by molar-refractivity contribution is 0.100. The number of nitrogens with two attached hydrogens (primary N) is 2. The molecule has 1 fully saturated rings. The molecule has 2 atom stereocenters. The van der Waals surface area contributed by atoms with Crippen LogP contribution >= 0.6 is 0 Å². The largest absolute Gasteiger partial charge is 0.365 e. The van der Waals surface area contributed by atoms with Gasteiger partial charge in [-0.1, -0.05) is 6.42 Å². The number of pyridine rings is 2. The van der Waals surface area contributed by atoms with Crippen LogP contribution in [0.15, 0.2) is 43.0 Å². The summed E-state index contributed by atoms with van der Waals surface area (Å²) in [5.74, 6) is -0.929. The lowest BCUT2D eigenvalue weighted by Gasteiger charge is -2.37. The van der Waals surface area contributed by atoms with Gasteiger partial charge in [-0.15, -0.1) is 0 Å². The highest BCUT2D eigenvalue weighted by Crippen LogP contribution is 2.33. The third-order valence-corrected chi connectivity index (χ3v) is 5.52. The quantitative estimate of drug-likeness (QED) is 0.436. The Balaban J connectivity index is 1.65. The first-order valence-corrected chi connectivity index (χ1v) is 10.2. The lowest BCUT2D eigenvalue weighted by Crippen LogP contribution is -2.46. The van der Waals surface area contributed by atoms with Crippen LogP contribution in [0.2, 0.25) is 0 Å². The number of carbonyl (C=O) groups excluding carboxylic acids is 1. The van der Waals surface area contributed by atoms with E-state index in [0.29, 0.717) is 17.3 Å². The van der Waals surface area contributed by atoms with Crippen LogP contribution in [-0.2, 0) is 0 Å². The molecule has 1 aliphatic rings. The minimum atomic E-state index is -0.792. The number of nitrogens with zero attached hydrogens (tertiary/aromatic N) is 4. The van der Waals surface area contributed by atoms with Crippen LogP contribution in [0.4, 0.5) is 21.7 Å². The first kappa shape index (κ1) is 20.7. The fraction of sp³-hybridized carbons (Fsp3) is 0.333. The van der Waals surface area contributed by atoms with Crippen LogP contribution in [0.25, 0.3) is 5.69 Å². The SMILES string of the molecule is C[C@H](N)[C@H](Nc1nc(Nc2cncc(-n3cccn3)c2)c(C(N)=O)cc1F)C1CCC1. The van der Waals surface area contributed by atoms with Crippen molar-refractivity contribution in [2.75, 3.05) is 10.6 Å². The molecule has 9 nitrogen and oxygen atoms in total. The molecular formula is C21H25FN8O. The maximum absolute atomic E-state index is 14.8. The number of primary amides is 1. The first-order valence-electron chi connectivity index (χ1n) is 10.2. The minimum absolute atomic E-state index is 0.0258. The van der Waals surface area contributed by atoms with Crippen LogP contribution < -0.4 is 22.1 Å². The summed E-state index contributed by atoms with van der Waals surface area (Å²) in [7, 11) is 0. The zero-order valence-corrected chi connectivity index (χ0v) is 17.1. The van der Waals surface area contributed by atoms with Crippen molar-refractivity contribution >= 4 is 23.2 Å². The van der Waals surface area contributed by atoms with Crippen molar-refractivity contribution in [3.63, 3.8) is 0 Å². The smallest absolute Gasteiger partial charge is 0.252 e. The monoisotopic (exact) mass is 424 g/mol. The van der Waals surface area contributed by atoms with Gasteiger partial charge in [0.25, 0.3) is 5.91 Å². The third-order valence-electron chi connectivity index (χ3n) is 5.52. The van der Waals surface area contributed by atoms with Crippen LogP contribution in [0, 0.1) is 11.7 Å². The summed E-state index contributed by atoms with van der Waals surface area (Å²) in [6.45, 7) is 1.89. The molecule has 1 aliphatic carbocycles. The molecule has 1 amide bonds. The molecule has 31 heavy (non-hydrogen) atoms. The molecule has 4 rings (SSSR count). The van der Waals surface area contributed by atoms with Crippen LogP contribution in [-0.4, -0.2) is 37.7 Å². The summed E-state index contributed by atoms with van der Waals surface area (Å²) in [5, 5.41) is 10.3. The molecule has 10 heteroatoms. The molecule has 0 saturated heterocycles. The predicted molar refractivity (Wildman–Crippen MR) is 116 cm³/mol. The Bertz CT molecular complexity index is 1070. The Morgan fingerprint density at radius 1 is 1.29 bits per heavy atom. The molecule has 0 radical (unpaired) electrons. The van der Waals surface area contributed by atoms with Gasteiger partial charge in [0.2, 0.25) is 0 Å². The molecule has 3 aromatic rings. The van der Waals surface area contributed by atoms with Crippen LogP contribution in [0.5, 0.6) is 0 Å². The molecule has 162 valence electrons. The van der Waals surface area contributed by atoms with Crippen LogP contribution in [0.1, 0.15) is 36.5 Å². The van der Waals surface area contributed by atoms with Crippen molar-refractivity contribution in [2.24, 2.45) is 17.4 Å². The molecule has 0 bridgehead atoms. The van der Waals surface area contributed by atoms with E-state index < -0.39 is 11.7 Å². The number of aromatic nitrogens is 4. The van der Waals surface area contributed by atoms with Gasteiger partial charge in [0.1, 0.15) is 5.82 Å². The molecule has 0 aromatic carbocycles. The first-order chi connectivity index (χ1) is 14.9. The van der Waals surface area contributed by atoms with Crippen molar-refractivity contribution in [2.45, 2.75) is 38.3 Å². The second-order valence-corrected chi connectivity index (χ2v) is 7.81. The summed E-state index contributed by atoms with van der Waals surface area (Å²) >= 11 is 0. The number of hydrogen-bond acceptors (Lipinski definition) is 7. The lowest BCUT2D eigenvalue weighted by atomic mass is 9.77. The van der Waals surface area contributed by atoms with E-state index in [4.69, 9.17) is 11.5 Å². The average Bonchev–Trinajstić information content (AvgIpc) is 3.23. The summed E-state index contributed by atoms with van der Waals surface area (Å²) < 4.78 is 16.4. The highest BCUT2D eigenvalue weighted by atomic mass is 19.1. The van der Waals surface area contributed by atoms with Gasteiger partial charge in [-0.25, -0.2) is 14.1 Å². The standard InChI is InChI=1S/C21H25FN8O/c1-12(23)18(13-4-2-5-13)28-21-17(22)9-16(19(24)31)20(29-21)27-14-8-15(11-25-10-14)30-7-3-6-26-30/h3,6-13,18H,2,4-5,23H2,1H3,(H2,24,31)(H2,27,28,29)/t12-,18-/m0/s1. The van der Waals surface area contributed by atoms with E-state index >= 15 is 0 Å². The van der Waals surface area contributed by atoms with Crippen molar-refractivity contribution in [1.29, 1.82) is 0 Å². The third kappa shape index (κ3) is 4.48. The van der Waals surface area contributed by atoms with E-state index in [-0.39, 0.29) is 29.3 Å². The fourth-order valence-electron chi connectivity index (χ4n) is 3.69. The Morgan fingerprint density at radius 3 is 2.71 bits per heavy atom. The maximum atomic E-state index is 14.8. The van der Waals surface area contributed by atoms with Gasteiger partial charge >= 0.3 is 0 Å². The van der Waals surface area contributed by atoms with E-state index in [9.17, 15) is 9.18 Å². The van der Waals surface area contributed by atoms with Gasteiger partial charge in [0, 0.05) is 24.5 Å². The number of hydrogen-bond donors (Lipinski definition) is 4. The molecule has 6 N–H and O–H groups in total. The van der Waals surface area contributed by atoms with Gasteiger partial charge < -0.3 is 22.1 Å². The Morgan fingerprint density at radius 2 is 2.10 bits per heavy atom. The van der Waals surface area contributed by atoms with E-state index in [1.807, 2.05) is 6.92 Å². The number of nitrogens with one attached hydrogen (secondary N) is 2. The number of carbonyl (C=O) groups is 1. The topological polar surface area (TPSA) is 137 Å². The van der Waals surface area contributed by atoms with E-state index in [0.717, 1.165) is 25.3 Å². The van der Waals surface area contributed by atoms with E-state index in [1.54, 1.807) is 41.6 Å². The van der Waals surface area contributed by atoms with Crippen molar-refractivity contribution in [1.82, 2.24) is 19.7 Å². The number of anilines is 3. The number of halogens is 1. The highest BCUT2D eigenvalue weighted by Gasteiger charge is 2.31. The Labute approximate surface area is 179 Å². The van der Waals surface area contributed by atoms with Gasteiger partial charge in [-0.2, -0.15) is 5.10 Å². The van der Waals surface area contributed by atoms with Crippen molar-refractivity contribution in [3.8, 4) is 5.69 Å². The predicted octanol–water partition coefficient (Wildman–Crippen LogP) is 2.57. The van der Waals surface area contributed by atoms with Crippen LogP contribution in [0.3, 0.4) is 0 Å². The molecule has 0 aliphatic heterocycles. The van der Waals surface area contributed by atoms with Gasteiger partial charge in [0.15, 0.2) is 11.6 Å². The second-order valence-electron chi connectivity index (χ2n) is 7.81. The Kier molecular flexibility index (Phi) is 5.81. The summed E-state index contributed by atoms with van der Waals surface area (Å²) in [6.07, 6.45) is 9.86. The fourth-order valence-corrected chi connectivity index (χ4v) is 3.69.